The second-order valence-corrected chi connectivity index (χ2v) is 6.04. The van der Waals surface area contributed by atoms with Crippen LogP contribution in [0.3, 0.4) is 0 Å². The summed E-state index contributed by atoms with van der Waals surface area (Å²) >= 11 is 0. The number of rotatable bonds is 4. The van der Waals surface area contributed by atoms with Gasteiger partial charge in [0.1, 0.15) is 0 Å². The molecule has 0 radical (unpaired) electrons. The van der Waals surface area contributed by atoms with Crippen molar-refractivity contribution in [1.29, 1.82) is 0 Å². The summed E-state index contributed by atoms with van der Waals surface area (Å²) in [5, 5.41) is 7.37. The van der Waals surface area contributed by atoms with Crippen LogP contribution in [0.1, 0.15) is 45.2 Å². The van der Waals surface area contributed by atoms with Crippen molar-refractivity contribution in [2.75, 3.05) is 13.1 Å². The van der Waals surface area contributed by atoms with Gasteiger partial charge in [-0.3, -0.25) is 0 Å². The van der Waals surface area contributed by atoms with Crippen LogP contribution in [0.2, 0.25) is 0 Å². The molecule has 1 fully saturated rings. The van der Waals surface area contributed by atoms with Gasteiger partial charge < -0.3 is 10.6 Å². The Hall–Kier alpha value is -0.860. The van der Waals surface area contributed by atoms with Crippen LogP contribution in [0.4, 0.5) is 0 Å². The van der Waals surface area contributed by atoms with Crippen molar-refractivity contribution in [2.45, 2.75) is 45.7 Å². The zero-order chi connectivity index (χ0) is 13.0. The SMILES string of the molecule is CCC(NC1CCNCC1(C)C)c1ccccc1. The van der Waals surface area contributed by atoms with Gasteiger partial charge in [-0.1, -0.05) is 51.1 Å². The standard InChI is InChI=1S/C16H26N2/c1-4-14(13-8-6-5-7-9-13)18-15-10-11-17-12-16(15,2)3/h5-9,14-15,17-18H,4,10-12H2,1-3H3. The van der Waals surface area contributed by atoms with E-state index in [2.05, 4.69) is 61.7 Å². The second kappa shape index (κ2) is 5.85. The molecule has 2 atom stereocenters. The molecule has 1 aliphatic heterocycles. The Balaban J connectivity index is 2.06. The van der Waals surface area contributed by atoms with Gasteiger partial charge in [0.05, 0.1) is 0 Å². The Morgan fingerprint density at radius 3 is 2.67 bits per heavy atom. The molecule has 2 heteroatoms. The van der Waals surface area contributed by atoms with Gasteiger partial charge in [0.2, 0.25) is 0 Å². The van der Waals surface area contributed by atoms with E-state index in [0.29, 0.717) is 17.5 Å². The van der Waals surface area contributed by atoms with E-state index in [1.54, 1.807) is 0 Å². The molecule has 0 saturated carbocycles. The average molecular weight is 246 g/mol. The van der Waals surface area contributed by atoms with Crippen LogP contribution in [0.5, 0.6) is 0 Å². The van der Waals surface area contributed by atoms with Crippen molar-refractivity contribution in [3.63, 3.8) is 0 Å². The Bertz CT molecular complexity index is 359. The molecule has 100 valence electrons. The minimum Gasteiger partial charge on any atom is -0.316 e. The highest BCUT2D eigenvalue weighted by atomic mass is 15.0. The molecule has 2 rings (SSSR count). The molecule has 1 aliphatic rings. The van der Waals surface area contributed by atoms with E-state index in [1.165, 1.54) is 12.0 Å². The molecule has 0 spiro atoms. The summed E-state index contributed by atoms with van der Waals surface area (Å²) in [5.74, 6) is 0. The smallest absolute Gasteiger partial charge is 0.0320 e. The monoisotopic (exact) mass is 246 g/mol. The zero-order valence-corrected chi connectivity index (χ0v) is 11.9. The molecule has 18 heavy (non-hydrogen) atoms. The van der Waals surface area contributed by atoms with Crippen molar-refractivity contribution in [3.8, 4) is 0 Å². The first-order valence-corrected chi connectivity index (χ1v) is 7.15. The van der Waals surface area contributed by atoms with Gasteiger partial charge in [0, 0.05) is 18.6 Å². The molecule has 0 bridgehead atoms. The maximum atomic E-state index is 3.87. The molecule has 2 unspecified atom stereocenters. The van der Waals surface area contributed by atoms with Crippen LogP contribution in [0, 0.1) is 5.41 Å². The molecule has 1 aromatic rings. The summed E-state index contributed by atoms with van der Waals surface area (Å²) in [6.45, 7) is 9.21. The van der Waals surface area contributed by atoms with Crippen LogP contribution in [0.25, 0.3) is 0 Å². The fraction of sp³-hybridized carbons (Fsp3) is 0.625. The van der Waals surface area contributed by atoms with Gasteiger partial charge in [-0.15, -0.1) is 0 Å². The molecule has 1 aromatic carbocycles. The zero-order valence-electron chi connectivity index (χ0n) is 11.9. The van der Waals surface area contributed by atoms with E-state index in [-0.39, 0.29) is 0 Å². The lowest BCUT2D eigenvalue weighted by Gasteiger charge is -2.41. The second-order valence-electron chi connectivity index (χ2n) is 6.04. The normalized spacial score (nSPS) is 24.7. The quantitative estimate of drug-likeness (QED) is 0.853. The van der Waals surface area contributed by atoms with Gasteiger partial charge in [0.15, 0.2) is 0 Å². The molecular weight excluding hydrogens is 220 g/mol. The highest BCUT2D eigenvalue weighted by molar-refractivity contribution is 5.19. The van der Waals surface area contributed by atoms with Gasteiger partial charge in [-0.05, 0) is 30.4 Å². The lowest BCUT2D eigenvalue weighted by molar-refractivity contribution is 0.170. The fourth-order valence-corrected chi connectivity index (χ4v) is 2.86. The summed E-state index contributed by atoms with van der Waals surface area (Å²) in [4.78, 5) is 0. The van der Waals surface area contributed by atoms with E-state index in [0.717, 1.165) is 19.5 Å². The van der Waals surface area contributed by atoms with E-state index >= 15 is 0 Å². The van der Waals surface area contributed by atoms with Crippen molar-refractivity contribution in [3.05, 3.63) is 35.9 Å². The van der Waals surface area contributed by atoms with Crippen LogP contribution in [-0.2, 0) is 0 Å². The predicted octanol–water partition coefficient (Wildman–Crippen LogP) is 3.12. The third-order valence-corrected chi connectivity index (χ3v) is 4.15. The van der Waals surface area contributed by atoms with Crippen molar-refractivity contribution >= 4 is 0 Å². The Labute approximate surface area is 111 Å². The molecule has 1 saturated heterocycles. The summed E-state index contributed by atoms with van der Waals surface area (Å²) in [6.07, 6.45) is 2.36. The number of hydrogen-bond acceptors (Lipinski definition) is 2. The van der Waals surface area contributed by atoms with Crippen LogP contribution in [-0.4, -0.2) is 19.1 Å². The van der Waals surface area contributed by atoms with Gasteiger partial charge >= 0.3 is 0 Å². The summed E-state index contributed by atoms with van der Waals surface area (Å²) in [7, 11) is 0. The molecule has 0 aliphatic carbocycles. The van der Waals surface area contributed by atoms with Gasteiger partial charge in [-0.2, -0.15) is 0 Å². The molecule has 2 nitrogen and oxygen atoms in total. The Morgan fingerprint density at radius 1 is 1.33 bits per heavy atom. The van der Waals surface area contributed by atoms with E-state index in [9.17, 15) is 0 Å². The summed E-state index contributed by atoms with van der Waals surface area (Å²) in [6, 6.07) is 11.9. The number of nitrogens with one attached hydrogen (secondary N) is 2. The van der Waals surface area contributed by atoms with Crippen LogP contribution >= 0.6 is 0 Å². The number of piperidine rings is 1. The highest BCUT2D eigenvalue weighted by Gasteiger charge is 2.33. The lowest BCUT2D eigenvalue weighted by Crippen LogP contribution is -2.53. The number of hydrogen-bond donors (Lipinski definition) is 2. The van der Waals surface area contributed by atoms with Crippen LogP contribution < -0.4 is 10.6 Å². The predicted molar refractivity (Wildman–Crippen MR) is 77.7 cm³/mol. The maximum absolute atomic E-state index is 3.87. The van der Waals surface area contributed by atoms with Crippen molar-refractivity contribution < 1.29 is 0 Å². The third-order valence-electron chi connectivity index (χ3n) is 4.15. The van der Waals surface area contributed by atoms with E-state index < -0.39 is 0 Å². The molecule has 0 aromatic heterocycles. The highest BCUT2D eigenvalue weighted by Crippen LogP contribution is 2.28. The minimum atomic E-state index is 0.334. The third kappa shape index (κ3) is 3.12. The first-order chi connectivity index (χ1) is 8.63. The maximum Gasteiger partial charge on any atom is 0.0320 e. The molecule has 0 amide bonds. The van der Waals surface area contributed by atoms with Gasteiger partial charge in [-0.25, -0.2) is 0 Å². The van der Waals surface area contributed by atoms with Crippen molar-refractivity contribution in [2.24, 2.45) is 5.41 Å². The average Bonchev–Trinajstić information content (AvgIpc) is 2.38. The fourth-order valence-electron chi connectivity index (χ4n) is 2.86. The summed E-state index contributed by atoms with van der Waals surface area (Å²) in [5.41, 5.74) is 1.75. The minimum absolute atomic E-state index is 0.334. The molecular formula is C16H26N2. The van der Waals surface area contributed by atoms with Gasteiger partial charge in [0.25, 0.3) is 0 Å². The largest absolute Gasteiger partial charge is 0.316 e. The first kappa shape index (κ1) is 13.6. The molecule has 2 N–H and O–H groups in total. The first-order valence-electron chi connectivity index (χ1n) is 7.15. The Kier molecular flexibility index (Phi) is 4.41. The van der Waals surface area contributed by atoms with Crippen molar-refractivity contribution in [1.82, 2.24) is 10.6 Å². The summed E-state index contributed by atoms with van der Waals surface area (Å²) < 4.78 is 0. The van der Waals surface area contributed by atoms with E-state index in [4.69, 9.17) is 0 Å². The van der Waals surface area contributed by atoms with Crippen LogP contribution in [0.15, 0.2) is 30.3 Å². The Morgan fingerprint density at radius 2 is 2.06 bits per heavy atom. The lowest BCUT2D eigenvalue weighted by atomic mass is 9.79. The topological polar surface area (TPSA) is 24.1 Å². The van der Waals surface area contributed by atoms with E-state index in [1.807, 2.05) is 0 Å². The number of benzene rings is 1. The molecule has 1 heterocycles.